The maximum Gasteiger partial charge on any atom is 0.110 e. The van der Waals surface area contributed by atoms with E-state index < -0.39 is 0 Å². The van der Waals surface area contributed by atoms with Crippen molar-refractivity contribution in [3.8, 4) is 0 Å². The summed E-state index contributed by atoms with van der Waals surface area (Å²) in [5.41, 5.74) is 7.06. The Kier molecular flexibility index (Phi) is 3.79. The maximum atomic E-state index is 5.55. The molecule has 2 N–H and O–H groups in total. The molecule has 2 aromatic heterocycles. The van der Waals surface area contributed by atoms with Crippen molar-refractivity contribution in [2.45, 2.75) is 0 Å². The molecule has 0 saturated heterocycles. The minimum Gasteiger partial charge on any atom is -0.396 e. The van der Waals surface area contributed by atoms with E-state index in [1.54, 1.807) is 12.4 Å². The molecule has 0 unspecified atom stereocenters. The number of nitrogen functional groups attached to an aromatic ring is 1. The Morgan fingerprint density at radius 1 is 1.25 bits per heavy atom. The molecule has 0 atom stereocenters. The molecule has 4 nitrogen and oxygen atoms in total. The summed E-state index contributed by atoms with van der Waals surface area (Å²) in [5, 5.41) is 7.83. The van der Waals surface area contributed by atoms with E-state index in [4.69, 9.17) is 5.73 Å². The van der Waals surface area contributed by atoms with Gasteiger partial charge in [-0.3, -0.25) is 0 Å². The molecular formula is C6H8Cl2N4. The summed E-state index contributed by atoms with van der Waals surface area (Å²) >= 11 is 0. The first-order valence-corrected chi connectivity index (χ1v) is 2.92. The van der Waals surface area contributed by atoms with Crippen LogP contribution in [0.15, 0.2) is 24.5 Å². The minimum atomic E-state index is 0. The molecule has 0 aliphatic carbocycles. The van der Waals surface area contributed by atoms with Crippen molar-refractivity contribution in [3.05, 3.63) is 24.5 Å². The van der Waals surface area contributed by atoms with Gasteiger partial charge >= 0.3 is 0 Å². The normalized spacial score (nSPS) is 8.67. The van der Waals surface area contributed by atoms with E-state index in [0.717, 1.165) is 5.52 Å². The molecular weight excluding hydrogens is 199 g/mol. The van der Waals surface area contributed by atoms with Crippen LogP contribution in [-0.4, -0.2) is 14.8 Å². The second-order valence-electron chi connectivity index (χ2n) is 2.00. The van der Waals surface area contributed by atoms with E-state index in [9.17, 15) is 0 Å². The van der Waals surface area contributed by atoms with Crippen LogP contribution >= 0.6 is 24.8 Å². The fourth-order valence-electron chi connectivity index (χ4n) is 0.851. The van der Waals surface area contributed by atoms with Crippen LogP contribution in [-0.2, 0) is 0 Å². The average molecular weight is 207 g/mol. The Balaban J connectivity index is 0.000000605. The van der Waals surface area contributed by atoms with E-state index in [1.807, 2.05) is 12.1 Å². The molecule has 6 heteroatoms. The molecule has 0 spiro atoms. The molecule has 12 heavy (non-hydrogen) atoms. The fraction of sp³-hybridized carbons (Fsp3) is 0. The number of halogens is 2. The zero-order valence-corrected chi connectivity index (χ0v) is 7.68. The molecule has 0 radical (unpaired) electrons. The fourth-order valence-corrected chi connectivity index (χ4v) is 0.851. The van der Waals surface area contributed by atoms with Gasteiger partial charge in [0.05, 0.1) is 11.9 Å². The molecule has 0 bridgehead atoms. The van der Waals surface area contributed by atoms with Crippen LogP contribution in [0.4, 0.5) is 5.69 Å². The lowest BCUT2D eigenvalue weighted by atomic mass is 10.4. The third kappa shape index (κ3) is 1.60. The first-order chi connectivity index (χ1) is 4.88. The average Bonchev–Trinajstić information content (AvgIpc) is 2.34. The molecule has 0 aliphatic heterocycles. The summed E-state index contributed by atoms with van der Waals surface area (Å²) in [7, 11) is 0. The van der Waals surface area contributed by atoms with Crippen molar-refractivity contribution >= 4 is 36.0 Å². The van der Waals surface area contributed by atoms with Gasteiger partial charge in [0.25, 0.3) is 0 Å². The largest absolute Gasteiger partial charge is 0.396 e. The predicted molar refractivity (Wildman–Crippen MR) is 51.9 cm³/mol. The summed E-state index contributed by atoms with van der Waals surface area (Å²) < 4.78 is 1.50. The lowest BCUT2D eigenvalue weighted by Gasteiger charge is -1.88. The number of fused-ring (bicyclic) bond motifs is 1. The lowest BCUT2D eigenvalue weighted by molar-refractivity contribution is 0.800. The molecule has 0 aliphatic rings. The number of rotatable bonds is 0. The third-order valence-corrected chi connectivity index (χ3v) is 1.33. The molecule has 0 aromatic carbocycles. The first kappa shape index (κ1) is 11.0. The highest BCUT2D eigenvalue weighted by molar-refractivity contribution is 5.85. The third-order valence-electron chi connectivity index (χ3n) is 1.33. The van der Waals surface area contributed by atoms with Gasteiger partial charge in [0.15, 0.2) is 0 Å². The summed E-state index contributed by atoms with van der Waals surface area (Å²) in [6.45, 7) is 0. The van der Waals surface area contributed by atoms with E-state index in [0.29, 0.717) is 5.69 Å². The van der Waals surface area contributed by atoms with Crippen LogP contribution < -0.4 is 5.73 Å². The van der Waals surface area contributed by atoms with Gasteiger partial charge in [-0.2, -0.15) is 10.2 Å². The van der Waals surface area contributed by atoms with Crippen LogP contribution in [0.2, 0.25) is 0 Å². The van der Waals surface area contributed by atoms with Crippen molar-refractivity contribution in [1.82, 2.24) is 14.8 Å². The van der Waals surface area contributed by atoms with Crippen LogP contribution in [0.1, 0.15) is 0 Å². The Bertz CT molecular complexity index is 359. The van der Waals surface area contributed by atoms with Crippen molar-refractivity contribution in [2.24, 2.45) is 0 Å². The Labute approximate surface area is 81.6 Å². The number of nitrogens with two attached hydrogens (primary N) is 1. The highest BCUT2D eigenvalue weighted by atomic mass is 35.5. The Morgan fingerprint density at radius 3 is 2.67 bits per heavy atom. The Hall–Kier alpha value is -1.00. The topological polar surface area (TPSA) is 56.2 Å². The SMILES string of the molecule is Cl.Cl.Nc1cnn2ncccc12. The molecule has 2 rings (SSSR count). The highest BCUT2D eigenvalue weighted by Crippen LogP contribution is 2.08. The van der Waals surface area contributed by atoms with Crippen LogP contribution in [0.25, 0.3) is 5.52 Å². The van der Waals surface area contributed by atoms with E-state index in [-0.39, 0.29) is 24.8 Å². The van der Waals surface area contributed by atoms with Crippen molar-refractivity contribution in [3.63, 3.8) is 0 Å². The van der Waals surface area contributed by atoms with Crippen molar-refractivity contribution in [2.75, 3.05) is 5.73 Å². The lowest BCUT2D eigenvalue weighted by Crippen LogP contribution is -1.91. The highest BCUT2D eigenvalue weighted by Gasteiger charge is 1.96. The van der Waals surface area contributed by atoms with E-state index in [2.05, 4.69) is 10.2 Å². The first-order valence-electron chi connectivity index (χ1n) is 2.92. The monoisotopic (exact) mass is 206 g/mol. The molecule has 2 heterocycles. The number of hydrogen-bond donors (Lipinski definition) is 1. The minimum absolute atomic E-state index is 0. The Morgan fingerprint density at radius 2 is 2.00 bits per heavy atom. The molecule has 0 fully saturated rings. The van der Waals surface area contributed by atoms with Crippen LogP contribution in [0, 0.1) is 0 Å². The van der Waals surface area contributed by atoms with Gasteiger partial charge in [-0.15, -0.1) is 29.4 Å². The van der Waals surface area contributed by atoms with Gasteiger partial charge in [0.2, 0.25) is 0 Å². The second kappa shape index (κ2) is 4.13. The zero-order valence-electron chi connectivity index (χ0n) is 6.04. The van der Waals surface area contributed by atoms with Gasteiger partial charge in [-0.1, -0.05) is 0 Å². The van der Waals surface area contributed by atoms with Crippen molar-refractivity contribution in [1.29, 1.82) is 0 Å². The van der Waals surface area contributed by atoms with Gasteiger partial charge in [0, 0.05) is 6.20 Å². The quantitative estimate of drug-likeness (QED) is 0.704. The van der Waals surface area contributed by atoms with Gasteiger partial charge in [-0.25, -0.2) is 0 Å². The molecule has 0 saturated carbocycles. The number of nitrogens with zero attached hydrogens (tertiary/aromatic N) is 3. The van der Waals surface area contributed by atoms with Crippen molar-refractivity contribution < 1.29 is 0 Å². The number of anilines is 1. The summed E-state index contributed by atoms with van der Waals surface area (Å²) in [6, 6.07) is 3.70. The smallest absolute Gasteiger partial charge is 0.110 e. The van der Waals surface area contributed by atoms with Gasteiger partial charge in [-0.05, 0) is 12.1 Å². The maximum absolute atomic E-state index is 5.55. The van der Waals surface area contributed by atoms with Crippen LogP contribution in [0.5, 0.6) is 0 Å². The second-order valence-corrected chi connectivity index (χ2v) is 2.00. The standard InChI is InChI=1S/C6H6N4.2ClH/c7-5-4-9-10-6(5)2-1-3-8-10;;/h1-4H,7H2;2*1H. The molecule has 66 valence electrons. The molecule has 2 aromatic rings. The van der Waals surface area contributed by atoms with E-state index >= 15 is 0 Å². The van der Waals surface area contributed by atoms with E-state index in [1.165, 1.54) is 4.63 Å². The number of hydrogen-bond acceptors (Lipinski definition) is 3. The molecule has 0 amide bonds. The summed E-state index contributed by atoms with van der Waals surface area (Å²) in [6.07, 6.45) is 3.25. The summed E-state index contributed by atoms with van der Waals surface area (Å²) in [5.74, 6) is 0. The number of aromatic nitrogens is 3. The van der Waals surface area contributed by atoms with Gasteiger partial charge < -0.3 is 5.73 Å². The predicted octanol–water partition coefficient (Wildman–Crippen LogP) is 1.16. The zero-order chi connectivity index (χ0) is 6.97. The van der Waals surface area contributed by atoms with Crippen LogP contribution in [0.3, 0.4) is 0 Å². The van der Waals surface area contributed by atoms with Gasteiger partial charge in [0.1, 0.15) is 5.52 Å². The summed E-state index contributed by atoms with van der Waals surface area (Å²) in [4.78, 5) is 0.